The highest BCUT2D eigenvalue weighted by molar-refractivity contribution is 5.79. The standard InChI is InChI=1S/C20H15F3N4O3/c21-20(22,23)12-26(10-14-7-5-13(9-24)6-8-14)17(28)11-27-18(29)15-3-1-2-4-16(15)25-19(27)30/h1-8H,10-12H2,(H,25,30). The molecule has 0 aliphatic carbocycles. The van der Waals surface area contributed by atoms with Crippen LogP contribution in [-0.2, 0) is 17.9 Å². The predicted molar refractivity (Wildman–Crippen MR) is 101 cm³/mol. The van der Waals surface area contributed by atoms with Crippen molar-refractivity contribution >= 4 is 16.8 Å². The Morgan fingerprint density at radius 3 is 2.40 bits per heavy atom. The van der Waals surface area contributed by atoms with E-state index in [0.717, 1.165) is 0 Å². The highest BCUT2D eigenvalue weighted by atomic mass is 19.4. The number of benzene rings is 2. The maximum Gasteiger partial charge on any atom is 0.406 e. The van der Waals surface area contributed by atoms with E-state index in [0.29, 0.717) is 20.6 Å². The summed E-state index contributed by atoms with van der Waals surface area (Å²) in [7, 11) is 0. The van der Waals surface area contributed by atoms with E-state index < -0.39 is 43.0 Å². The Balaban J connectivity index is 1.91. The van der Waals surface area contributed by atoms with Gasteiger partial charge in [-0.25, -0.2) is 4.79 Å². The lowest BCUT2D eigenvalue weighted by Gasteiger charge is -2.24. The van der Waals surface area contributed by atoms with Crippen LogP contribution in [0, 0.1) is 11.3 Å². The summed E-state index contributed by atoms with van der Waals surface area (Å²) >= 11 is 0. The molecule has 2 aromatic carbocycles. The smallest absolute Gasteiger partial charge is 0.328 e. The zero-order chi connectivity index (χ0) is 21.9. The van der Waals surface area contributed by atoms with Crippen molar-refractivity contribution in [2.24, 2.45) is 0 Å². The number of rotatable bonds is 5. The lowest BCUT2D eigenvalue weighted by molar-refractivity contribution is -0.162. The number of para-hydroxylation sites is 1. The molecule has 0 aliphatic heterocycles. The highest BCUT2D eigenvalue weighted by Gasteiger charge is 2.33. The number of nitriles is 1. The molecule has 1 N–H and O–H groups in total. The van der Waals surface area contributed by atoms with E-state index in [9.17, 15) is 27.6 Å². The SMILES string of the molecule is N#Cc1ccc(CN(CC(F)(F)F)C(=O)Cn2c(=O)[nH]c3ccccc3c2=O)cc1. The van der Waals surface area contributed by atoms with Gasteiger partial charge in [-0.2, -0.15) is 18.4 Å². The molecule has 1 amide bonds. The second-order valence-electron chi connectivity index (χ2n) is 6.54. The molecule has 3 aromatic rings. The number of aromatic amines is 1. The van der Waals surface area contributed by atoms with E-state index in [4.69, 9.17) is 5.26 Å². The minimum atomic E-state index is -4.68. The van der Waals surface area contributed by atoms with E-state index in [1.165, 1.54) is 36.4 Å². The van der Waals surface area contributed by atoms with Gasteiger partial charge in [0.15, 0.2) is 0 Å². The number of hydrogen-bond donors (Lipinski definition) is 1. The molecule has 0 aliphatic rings. The van der Waals surface area contributed by atoms with E-state index in [1.807, 2.05) is 6.07 Å². The zero-order valence-corrected chi connectivity index (χ0v) is 15.4. The molecule has 1 aromatic heterocycles. The molecule has 0 saturated carbocycles. The number of halogens is 3. The molecule has 0 saturated heterocycles. The van der Waals surface area contributed by atoms with Crippen molar-refractivity contribution in [2.75, 3.05) is 6.54 Å². The summed E-state index contributed by atoms with van der Waals surface area (Å²) in [5, 5.41) is 8.95. The van der Waals surface area contributed by atoms with E-state index in [2.05, 4.69) is 4.98 Å². The normalized spacial score (nSPS) is 11.3. The van der Waals surface area contributed by atoms with Crippen molar-refractivity contribution in [3.63, 3.8) is 0 Å². The van der Waals surface area contributed by atoms with Crippen LogP contribution in [0.25, 0.3) is 10.9 Å². The first-order valence-electron chi connectivity index (χ1n) is 8.73. The molecule has 0 atom stereocenters. The molecular formula is C20H15F3N4O3. The number of nitrogens with one attached hydrogen (secondary N) is 1. The van der Waals surface area contributed by atoms with Crippen molar-refractivity contribution in [2.45, 2.75) is 19.3 Å². The van der Waals surface area contributed by atoms with Crippen LogP contribution >= 0.6 is 0 Å². The van der Waals surface area contributed by atoms with Crippen molar-refractivity contribution in [3.8, 4) is 6.07 Å². The number of fused-ring (bicyclic) bond motifs is 1. The van der Waals surface area contributed by atoms with Crippen LogP contribution in [0.1, 0.15) is 11.1 Å². The summed E-state index contributed by atoms with van der Waals surface area (Å²) < 4.78 is 39.6. The average Bonchev–Trinajstić information content (AvgIpc) is 2.70. The van der Waals surface area contributed by atoms with Gasteiger partial charge in [-0.05, 0) is 29.8 Å². The first kappa shape index (κ1) is 20.9. The number of aromatic nitrogens is 2. The van der Waals surface area contributed by atoms with Gasteiger partial charge in [0.25, 0.3) is 5.56 Å². The first-order valence-corrected chi connectivity index (χ1v) is 8.73. The first-order chi connectivity index (χ1) is 14.2. The molecule has 3 rings (SSSR count). The van der Waals surface area contributed by atoms with E-state index in [-0.39, 0.29) is 10.9 Å². The van der Waals surface area contributed by atoms with Gasteiger partial charge in [0.2, 0.25) is 5.91 Å². The van der Waals surface area contributed by atoms with Gasteiger partial charge in [0.1, 0.15) is 13.1 Å². The number of nitrogens with zero attached hydrogens (tertiary/aromatic N) is 3. The van der Waals surface area contributed by atoms with Gasteiger partial charge in [0, 0.05) is 6.54 Å². The summed E-state index contributed by atoms with van der Waals surface area (Å²) in [5.41, 5.74) is -0.709. The third kappa shape index (κ3) is 4.75. The average molecular weight is 416 g/mol. The van der Waals surface area contributed by atoms with Crippen LogP contribution in [0.5, 0.6) is 0 Å². The third-order valence-corrected chi connectivity index (χ3v) is 4.36. The Bertz CT molecular complexity index is 1240. The Labute approximate surface area is 167 Å². The molecule has 0 spiro atoms. The largest absolute Gasteiger partial charge is 0.406 e. The molecule has 0 fully saturated rings. The summed E-state index contributed by atoms with van der Waals surface area (Å²) in [5.74, 6) is -1.04. The van der Waals surface area contributed by atoms with Crippen molar-refractivity contribution < 1.29 is 18.0 Å². The van der Waals surface area contributed by atoms with Crippen LogP contribution in [-0.4, -0.2) is 33.1 Å². The number of hydrogen-bond acceptors (Lipinski definition) is 4. The molecular weight excluding hydrogens is 401 g/mol. The topological polar surface area (TPSA) is 99.0 Å². The zero-order valence-electron chi connectivity index (χ0n) is 15.4. The number of carbonyl (C=O) groups excluding carboxylic acids is 1. The van der Waals surface area contributed by atoms with Gasteiger partial charge in [-0.3, -0.25) is 14.2 Å². The van der Waals surface area contributed by atoms with Crippen LogP contribution in [0.2, 0.25) is 0 Å². The molecule has 154 valence electrons. The summed E-state index contributed by atoms with van der Waals surface area (Å²) in [4.78, 5) is 40.3. The molecule has 10 heteroatoms. The molecule has 0 radical (unpaired) electrons. The Morgan fingerprint density at radius 1 is 1.10 bits per heavy atom. The van der Waals surface area contributed by atoms with Gasteiger partial charge >= 0.3 is 11.9 Å². The van der Waals surface area contributed by atoms with Crippen LogP contribution in [0.3, 0.4) is 0 Å². The molecule has 30 heavy (non-hydrogen) atoms. The number of carbonyl (C=O) groups is 1. The highest BCUT2D eigenvalue weighted by Crippen LogP contribution is 2.19. The van der Waals surface area contributed by atoms with E-state index >= 15 is 0 Å². The number of amides is 1. The van der Waals surface area contributed by atoms with Crippen molar-refractivity contribution in [3.05, 3.63) is 80.5 Å². The minimum absolute atomic E-state index is 0.138. The van der Waals surface area contributed by atoms with Crippen molar-refractivity contribution in [1.82, 2.24) is 14.5 Å². The lowest BCUT2D eigenvalue weighted by atomic mass is 10.1. The predicted octanol–water partition coefficient (Wildman–Crippen LogP) is 2.15. The molecule has 0 unspecified atom stereocenters. The fourth-order valence-electron chi connectivity index (χ4n) is 2.93. The summed E-state index contributed by atoms with van der Waals surface area (Å²) in [6.45, 7) is -2.79. The monoisotopic (exact) mass is 416 g/mol. The van der Waals surface area contributed by atoms with E-state index in [1.54, 1.807) is 12.1 Å². The Hall–Kier alpha value is -3.87. The molecule has 0 bridgehead atoms. The van der Waals surface area contributed by atoms with Crippen LogP contribution < -0.4 is 11.2 Å². The van der Waals surface area contributed by atoms with Crippen molar-refractivity contribution in [1.29, 1.82) is 5.26 Å². The fraction of sp³-hybridized carbons (Fsp3) is 0.200. The number of alkyl halides is 3. The van der Waals surface area contributed by atoms with Crippen LogP contribution in [0.4, 0.5) is 13.2 Å². The second-order valence-corrected chi connectivity index (χ2v) is 6.54. The number of H-pyrrole nitrogens is 1. The lowest BCUT2D eigenvalue weighted by Crippen LogP contribution is -2.44. The fourth-order valence-corrected chi connectivity index (χ4v) is 2.93. The van der Waals surface area contributed by atoms with Gasteiger partial charge < -0.3 is 9.88 Å². The summed E-state index contributed by atoms with van der Waals surface area (Å²) in [6, 6.07) is 13.7. The summed E-state index contributed by atoms with van der Waals surface area (Å²) in [6.07, 6.45) is -4.68. The Morgan fingerprint density at radius 2 is 1.77 bits per heavy atom. The van der Waals surface area contributed by atoms with Gasteiger partial charge in [-0.15, -0.1) is 0 Å². The molecule has 1 heterocycles. The molecule has 7 nitrogen and oxygen atoms in total. The minimum Gasteiger partial charge on any atom is -0.328 e. The second kappa shape index (κ2) is 8.24. The van der Waals surface area contributed by atoms with Gasteiger partial charge in [0.05, 0.1) is 22.5 Å². The maximum absolute atomic E-state index is 13.0. The quantitative estimate of drug-likeness (QED) is 0.689. The maximum atomic E-state index is 13.0. The van der Waals surface area contributed by atoms with Gasteiger partial charge in [-0.1, -0.05) is 24.3 Å². The van der Waals surface area contributed by atoms with Crippen LogP contribution in [0.15, 0.2) is 58.1 Å². The Kier molecular flexibility index (Phi) is 5.73. The third-order valence-electron chi connectivity index (χ3n) is 4.36.